The van der Waals surface area contributed by atoms with Crippen LogP contribution in [0.4, 0.5) is 17.1 Å². The molecular formula is C52H33NS. The maximum Gasteiger partial charge on any atom is 0.0640 e. The van der Waals surface area contributed by atoms with Gasteiger partial charge in [0, 0.05) is 26.8 Å². The fourth-order valence-electron chi connectivity index (χ4n) is 8.46. The average Bonchev–Trinajstić information content (AvgIpc) is 3.64. The Hall–Kier alpha value is -6.74. The van der Waals surface area contributed by atoms with Crippen molar-refractivity contribution in [3.8, 4) is 22.3 Å². The Morgan fingerprint density at radius 2 is 0.815 bits per heavy atom. The van der Waals surface area contributed by atoms with Gasteiger partial charge in [0.15, 0.2) is 0 Å². The molecule has 0 aliphatic carbocycles. The van der Waals surface area contributed by atoms with Crippen LogP contribution in [0.15, 0.2) is 200 Å². The molecule has 0 unspecified atom stereocenters. The zero-order valence-corrected chi connectivity index (χ0v) is 30.2. The van der Waals surface area contributed by atoms with Gasteiger partial charge in [0.1, 0.15) is 0 Å². The summed E-state index contributed by atoms with van der Waals surface area (Å²) in [6, 6.07) is 73.4. The van der Waals surface area contributed by atoms with Crippen LogP contribution in [0.1, 0.15) is 0 Å². The molecule has 0 saturated heterocycles. The molecule has 0 N–H and O–H groups in total. The van der Waals surface area contributed by atoms with Gasteiger partial charge < -0.3 is 4.90 Å². The molecule has 0 amide bonds. The van der Waals surface area contributed by atoms with Crippen molar-refractivity contribution >= 4 is 91.7 Å². The summed E-state index contributed by atoms with van der Waals surface area (Å²) < 4.78 is 2.62. The van der Waals surface area contributed by atoms with Crippen LogP contribution < -0.4 is 4.90 Å². The molecule has 0 atom stereocenters. The van der Waals surface area contributed by atoms with Crippen molar-refractivity contribution in [3.05, 3.63) is 200 Å². The Morgan fingerprint density at radius 3 is 1.56 bits per heavy atom. The highest BCUT2D eigenvalue weighted by Crippen LogP contribution is 2.47. The predicted octanol–water partition coefficient (Wildman–Crippen LogP) is 15.5. The average molecular weight is 704 g/mol. The SMILES string of the molecule is c1ccc2c(-c3ccc(N(c4ccc(-c5cc6ccccc6c6ccccc56)cc4)c4cccc5c4sc4c6ccccc6ccc54)cc3)cccc2c1. The van der Waals surface area contributed by atoms with Crippen LogP contribution in [0.5, 0.6) is 0 Å². The number of fused-ring (bicyclic) bond motifs is 9. The van der Waals surface area contributed by atoms with Crippen molar-refractivity contribution in [2.24, 2.45) is 0 Å². The van der Waals surface area contributed by atoms with Gasteiger partial charge in [-0.2, -0.15) is 0 Å². The number of thiophene rings is 1. The number of benzene rings is 10. The van der Waals surface area contributed by atoms with Crippen molar-refractivity contribution in [2.45, 2.75) is 0 Å². The van der Waals surface area contributed by atoms with E-state index in [1.807, 2.05) is 11.3 Å². The first-order valence-electron chi connectivity index (χ1n) is 18.5. The second-order valence-corrected chi connectivity index (χ2v) is 15.1. The van der Waals surface area contributed by atoms with E-state index < -0.39 is 0 Å². The summed E-state index contributed by atoms with van der Waals surface area (Å²) >= 11 is 1.90. The molecule has 2 heteroatoms. The van der Waals surface area contributed by atoms with Gasteiger partial charge in [0.05, 0.1) is 10.4 Å². The lowest BCUT2D eigenvalue weighted by Crippen LogP contribution is -2.10. The lowest BCUT2D eigenvalue weighted by atomic mass is 9.93. The first-order chi connectivity index (χ1) is 26.8. The molecule has 0 spiro atoms. The van der Waals surface area contributed by atoms with E-state index in [4.69, 9.17) is 0 Å². The number of anilines is 3. The van der Waals surface area contributed by atoms with Crippen LogP contribution in [-0.4, -0.2) is 0 Å². The minimum atomic E-state index is 1.12. The minimum absolute atomic E-state index is 1.12. The molecule has 11 rings (SSSR count). The van der Waals surface area contributed by atoms with Crippen LogP contribution in [-0.2, 0) is 0 Å². The van der Waals surface area contributed by atoms with E-state index in [0.717, 1.165) is 11.4 Å². The van der Waals surface area contributed by atoms with Gasteiger partial charge in [-0.3, -0.25) is 0 Å². The summed E-state index contributed by atoms with van der Waals surface area (Å²) in [5.74, 6) is 0. The second-order valence-electron chi connectivity index (χ2n) is 14.1. The number of nitrogens with zero attached hydrogens (tertiary/aromatic N) is 1. The smallest absolute Gasteiger partial charge is 0.0640 e. The quantitative estimate of drug-likeness (QED) is 0.161. The maximum absolute atomic E-state index is 2.44. The lowest BCUT2D eigenvalue weighted by molar-refractivity contribution is 1.30. The summed E-state index contributed by atoms with van der Waals surface area (Å²) in [6.45, 7) is 0. The highest BCUT2D eigenvalue weighted by molar-refractivity contribution is 7.27. The molecule has 0 aliphatic heterocycles. The first kappa shape index (κ1) is 30.8. The Labute approximate surface area is 317 Å². The van der Waals surface area contributed by atoms with Crippen LogP contribution in [0, 0.1) is 0 Å². The fourth-order valence-corrected chi connectivity index (χ4v) is 9.80. The molecule has 1 nitrogen and oxygen atoms in total. The van der Waals surface area contributed by atoms with Gasteiger partial charge in [-0.15, -0.1) is 11.3 Å². The van der Waals surface area contributed by atoms with Gasteiger partial charge in [0.25, 0.3) is 0 Å². The Balaban J connectivity index is 1.09. The molecule has 0 saturated carbocycles. The standard InChI is InChI=1S/C52H33NS/c1-4-15-41-34(11-1)14-9-20-42(41)36-23-28-39(29-24-36)53(50-22-10-21-47-48-32-27-35-12-2-6-17-44(35)51(48)54-52(47)50)40-30-25-37(26-31-40)49-33-38-13-3-5-16-43(38)45-18-7-8-19-46(45)49/h1-33H. The summed E-state index contributed by atoms with van der Waals surface area (Å²) in [5, 5.41) is 12.8. The maximum atomic E-state index is 2.44. The highest BCUT2D eigenvalue weighted by Gasteiger charge is 2.20. The Morgan fingerprint density at radius 1 is 0.296 bits per heavy atom. The van der Waals surface area contributed by atoms with Crippen LogP contribution in [0.3, 0.4) is 0 Å². The minimum Gasteiger partial charge on any atom is -0.309 e. The van der Waals surface area contributed by atoms with Crippen molar-refractivity contribution in [1.29, 1.82) is 0 Å². The first-order valence-corrected chi connectivity index (χ1v) is 19.3. The largest absolute Gasteiger partial charge is 0.309 e. The van der Waals surface area contributed by atoms with Gasteiger partial charge in [-0.25, -0.2) is 0 Å². The third kappa shape index (κ3) is 4.92. The molecule has 10 aromatic carbocycles. The molecule has 0 radical (unpaired) electrons. The molecule has 252 valence electrons. The van der Waals surface area contributed by atoms with E-state index in [0.29, 0.717) is 0 Å². The van der Waals surface area contributed by atoms with Gasteiger partial charge >= 0.3 is 0 Å². The number of hydrogen-bond donors (Lipinski definition) is 0. The third-order valence-electron chi connectivity index (χ3n) is 11.0. The van der Waals surface area contributed by atoms with Crippen molar-refractivity contribution in [2.75, 3.05) is 4.90 Å². The molecule has 1 heterocycles. The molecule has 0 bridgehead atoms. The molecule has 1 aromatic heterocycles. The Bertz CT molecular complexity index is 3200. The normalized spacial score (nSPS) is 11.7. The summed E-state index contributed by atoms with van der Waals surface area (Å²) in [5.41, 5.74) is 8.34. The van der Waals surface area contributed by atoms with Gasteiger partial charge in [0.2, 0.25) is 0 Å². The summed E-state index contributed by atoms with van der Waals surface area (Å²) in [7, 11) is 0. The van der Waals surface area contributed by atoms with E-state index in [1.54, 1.807) is 0 Å². The van der Waals surface area contributed by atoms with Crippen molar-refractivity contribution < 1.29 is 0 Å². The zero-order valence-electron chi connectivity index (χ0n) is 29.4. The number of hydrogen-bond acceptors (Lipinski definition) is 2. The van der Waals surface area contributed by atoms with Crippen LogP contribution in [0.25, 0.3) is 85.5 Å². The van der Waals surface area contributed by atoms with Crippen LogP contribution >= 0.6 is 11.3 Å². The van der Waals surface area contributed by atoms with Crippen LogP contribution in [0.2, 0.25) is 0 Å². The van der Waals surface area contributed by atoms with E-state index in [1.165, 1.54) is 91.2 Å². The molecule has 54 heavy (non-hydrogen) atoms. The molecule has 11 aromatic rings. The predicted molar refractivity (Wildman–Crippen MR) is 235 cm³/mol. The Kier molecular flexibility index (Phi) is 7.11. The topological polar surface area (TPSA) is 3.24 Å². The van der Waals surface area contributed by atoms with E-state index in [2.05, 4.69) is 205 Å². The fraction of sp³-hybridized carbons (Fsp3) is 0. The van der Waals surface area contributed by atoms with Gasteiger partial charge in [-0.1, -0.05) is 164 Å². The van der Waals surface area contributed by atoms with Crippen molar-refractivity contribution in [3.63, 3.8) is 0 Å². The number of rotatable bonds is 5. The van der Waals surface area contributed by atoms with Crippen molar-refractivity contribution in [1.82, 2.24) is 0 Å². The summed E-state index contributed by atoms with van der Waals surface area (Å²) in [4.78, 5) is 2.44. The summed E-state index contributed by atoms with van der Waals surface area (Å²) in [6.07, 6.45) is 0. The monoisotopic (exact) mass is 703 g/mol. The second kappa shape index (κ2) is 12.4. The lowest BCUT2D eigenvalue weighted by Gasteiger charge is -2.26. The third-order valence-corrected chi connectivity index (χ3v) is 12.3. The highest BCUT2D eigenvalue weighted by atomic mass is 32.1. The molecule has 0 aliphatic rings. The van der Waals surface area contributed by atoms with E-state index in [9.17, 15) is 0 Å². The zero-order chi connectivity index (χ0) is 35.6. The van der Waals surface area contributed by atoms with E-state index >= 15 is 0 Å². The molecule has 0 fully saturated rings. The molecular weight excluding hydrogens is 671 g/mol. The van der Waals surface area contributed by atoms with Gasteiger partial charge in [-0.05, 0) is 102 Å². The van der Waals surface area contributed by atoms with E-state index in [-0.39, 0.29) is 0 Å².